The Hall–Kier alpha value is -0.530. The fourth-order valence-corrected chi connectivity index (χ4v) is 0.0668. The van der Waals surface area contributed by atoms with Crippen molar-refractivity contribution in [3.8, 4) is 0 Å². The molecule has 0 bridgehead atoms. The summed E-state index contributed by atoms with van der Waals surface area (Å²) in [6.45, 7) is 5.13. The van der Waals surface area contributed by atoms with Gasteiger partial charge in [0.1, 0.15) is 0 Å². The van der Waals surface area contributed by atoms with Crippen LogP contribution < -0.4 is 5.54 Å². The van der Waals surface area contributed by atoms with Crippen LogP contribution in [0.1, 0.15) is 13.3 Å². The maximum atomic E-state index is 11.0. The lowest BCUT2D eigenvalue weighted by molar-refractivity contribution is 0.379. The third-order valence-corrected chi connectivity index (χ3v) is 0.560. The summed E-state index contributed by atoms with van der Waals surface area (Å²) in [6, 6.07) is 0. The van der Waals surface area contributed by atoms with Crippen LogP contribution in [0.15, 0.2) is 12.3 Å². The molecule has 0 saturated carbocycles. The Bertz CT molecular complexity index is 45.5. The third kappa shape index (κ3) is 1.76. The maximum absolute atomic E-state index is 11.0. The molecule has 0 amide bonds. The molecule has 0 heterocycles. The summed E-state index contributed by atoms with van der Waals surface area (Å²) in [7, 11) is 0. The molecule has 0 rings (SSSR count). The van der Waals surface area contributed by atoms with Gasteiger partial charge in [0, 0.05) is 5.70 Å². The molecule has 0 aromatic carbocycles. The highest BCUT2D eigenvalue weighted by Crippen LogP contribution is 1.86. The summed E-state index contributed by atoms with van der Waals surface area (Å²) in [5, 5.41) is 0. The van der Waals surface area contributed by atoms with Crippen LogP contribution in [0.4, 0.5) is 4.48 Å². The number of hydrogen-bond donors (Lipinski definition) is 1. The number of nitrogens with one attached hydrogen (secondary N) is 1. The van der Waals surface area contributed by atoms with E-state index in [1.807, 2.05) is 6.92 Å². The van der Waals surface area contributed by atoms with E-state index in [1.165, 1.54) is 5.54 Å². The van der Waals surface area contributed by atoms with Crippen LogP contribution in [0.2, 0.25) is 0 Å². The highest BCUT2D eigenvalue weighted by Gasteiger charge is 1.78. The van der Waals surface area contributed by atoms with E-state index in [0.717, 1.165) is 0 Å². The van der Waals surface area contributed by atoms with Gasteiger partial charge in [-0.25, -0.2) is 5.54 Å². The summed E-state index contributed by atoms with van der Waals surface area (Å²) in [5.74, 6) is 0. The van der Waals surface area contributed by atoms with Crippen molar-refractivity contribution in [3.05, 3.63) is 12.3 Å². The Morgan fingerprint density at radius 3 is 2.50 bits per heavy atom. The molecule has 0 radical (unpaired) electrons. The molecule has 6 heavy (non-hydrogen) atoms. The van der Waals surface area contributed by atoms with E-state index in [1.54, 1.807) is 0 Å². The van der Waals surface area contributed by atoms with Crippen LogP contribution in [0.5, 0.6) is 0 Å². The highest BCUT2D eigenvalue weighted by molar-refractivity contribution is 4.84. The van der Waals surface area contributed by atoms with E-state index in [-0.39, 0.29) is 0 Å². The molecular weight excluding hydrogens is 81.0 g/mol. The van der Waals surface area contributed by atoms with Crippen molar-refractivity contribution in [3.63, 3.8) is 0 Å². The smallest absolute Gasteiger partial charge is 0.0355 e. The van der Waals surface area contributed by atoms with Crippen molar-refractivity contribution >= 4 is 0 Å². The monoisotopic (exact) mass is 89.1 g/mol. The molecule has 2 heteroatoms. The third-order valence-electron chi connectivity index (χ3n) is 0.560. The average molecular weight is 89.1 g/mol. The highest BCUT2D eigenvalue weighted by atomic mass is 19.2. The summed E-state index contributed by atoms with van der Waals surface area (Å²) < 4.78 is 11.0. The largest absolute Gasteiger partial charge is 0.229 e. The lowest BCUT2D eigenvalue weighted by Crippen LogP contribution is -1.94. The minimum Gasteiger partial charge on any atom is -0.229 e. The fourth-order valence-electron chi connectivity index (χ4n) is 0.0668. The SMILES string of the molecule is C=C(CC)NF. The van der Waals surface area contributed by atoms with E-state index < -0.39 is 0 Å². The molecule has 0 spiro atoms. The normalized spacial score (nSPS) is 7.67. The number of rotatable bonds is 2. The van der Waals surface area contributed by atoms with Gasteiger partial charge in [0.05, 0.1) is 0 Å². The second-order valence-electron chi connectivity index (χ2n) is 1.05. The molecule has 0 saturated heterocycles. The first-order valence-corrected chi connectivity index (χ1v) is 1.85. The first kappa shape index (κ1) is 5.47. The van der Waals surface area contributed by atoms with Gasteiger partial charge in [-0.05, 0) is 6.42 Å². The van der Waals surface area contributed by atoms with E-state index in [9.17, 15) is 4.48 Å². The van der Waals surface area contributed by atoms with Crippen LogP contribution in [-0.4, -0.2) is 0 Å². The Kier molecular flexibility index (Phi) is 2.46. The molecule has 0 unspecified atom stereocenters. The predicted octanol–water partition coefficient (Wildman–Crippen LogP) is 1.38. The molecule has 36 valence electrons. The van der Waals surface area contributed by atoms with Gasteiger partial charge in [0.25, 0.3) is 0 Å². The van der Waals surface area contributed by atoms with Gasteiger partial charge >= 0.3 is 0 Å². The molecule has 0 aromatic heterocycles. The second-order valence-corrected chi connectivity index (χ2v) is 1.05. The van der Waals surface area contributed by atoms with Crippen LogP contribution in [0.25, 0.3) is 0 Å². The molecule has 0 aromatic rings. The zero-order valence-corrected chi connectivity index (χ0v) is 3.79. The van der Waals surface area contributed by atoms with E-state index in [0.29, 0.717) is 12.1 Å². The van der Waals surface area contributed by atoms with Gasteiger partial charge in [-0.2, -0.15) is 0 Å². The first-order valence-electron chi connectivity index (χ1n) is 1.85. The quantitative estimate of drug-likeness (QED) is 0.504. The van der Waals surface area contributed by atoms with Gasteiger partial charge in [0.15, 0.2) is 0 Å². The Morgan fingerprint density at radius 1 is 2.00 bits per heavy atom. The van der Waals surface area contributed by atoms with Crippen molar-refractivity contribution in [2.75, 3.05) is 0 Å². The van der Waals surface area contributed by atoms with Gasteiger partial charge in [-0.1, -0.05) is 13.5 Å². The summed E-state index contributed by atoms with van der Waals surface area (Å²) in [6.07, 6.45) is 0.649. The molecule has 0 aliphatic carbocycles. The maximum Gasteiger partial charge on any atom is 0.0355 e. The van der Waals surface area contributed by atoms with Crippen LogP contribution in [0.3, 0.4) is 0 Å². The van der Waals surface area contributed by atoms with Crippen molar-refractivity contribution < 1.29 is 4.48 Å². The van der Waals surface area contributed by atoms with Crippen molar-refractivity contribution in [2.24, 2.45) is 0 Å². The Morgan fingerprint density at radius 2 is 2.50 bits per heavy atom. The minimum absolute atomic E-state index is 0.426. The molecule has 0 aliphatic rings. The standard InChI is InChI=1S/C4H8FN/c1-3-4(2)6-5/h6H,2-3H2,1H3. The average Bonchev–Trinajstić information content (AvgIpc) is 1.65. The van der Waals surface area contributed by atoms with Gasteiger partial charge < -0.3 is 0 Å². The second kappa shape index (κ2) is 2.69. The predicted molar refractivity (Wildman–Crippen MR) is 23.7 cm³/mol. The van der Waals surface area contributed by atoms with Gasteiger partial charge in [0.2, 0.25) is 0 Å². The molecule has 0 fully saturated rings. The number of hydrogen-bond acceptors (Lipinski definition) is 1. The molecule has 1 N–H and O–H groups in total. The van der Waals surface area contributed by atoms with Gasteiger partial charge in [-0.15, -0.1) is 4.48 Å². The summed E-state index contributed by atoms with van der Waals surface area (Å²) in [4.78, 5) is 0. The molecular formula is C4H8FN. The zero-order valence-electron chi connectivity index (χ0n) is 3.79. The fraction of sp³-hybridized carbons (Fsp3) is 0.500. The van der Waals surface area contributed by atoms with Crippen LogP contribution in [-0.2, 0) is 0 Å². The van der Waals surface area contributed by atoms with E-state index in [2.05, 4.69) is 6.58 Å². The van der Waals surface area contributed by atoms with Crippen molar-refractivity contribution in [1.82, 2.24) is 5.54 Å². The molecule has 0 atom stereocenters. The minimum atomic E-state index is 0.426. The lowest BCUT2D eigenvalue weighted by Gasteiger charge is -1.89. The van der Waals surface area contributed by atoms with Crippen molar-refractivity contribution in [1.29, 1.82) is 0 Å². The van der Waals surface area contributed by atoms with Crippen LogP contribution in [0, 0.1) is 0 Å². The Balaban J connectivity index is 2.99. The van der Waals surface area contributed by atoms with Crippen LogP contribution >= 0.6 is 0 Å². The first-order chi connectivity index (χ1) is 2.81. The zero-order chi connectivity index (χ0) is 4.99. The van der Waals surface area contributed by atoms with Crippen molar-refractivity contribution in [2.45, 2.75) is 13.3 Å². The number of allylic oxidation sites excluding steroid dienone is 1. The van der Waals surface area contributed by atoms with E-state index >= 15 is 0 Å². The Labute approximate surface area is 36.8 Å². The van der Waals surface area contributed by atoms with Gasteiger partial charge in [-0.3, -0.25) is 0 Å². The molecule has 1 nitrogen and oxygen atoms in total. The number of halogens is 1. The summed E-state index contributed by atoms with van der Waals surface area (Å²) >= 11 is 0. The summed E-state index contributed by atoms with van der Waals surface area (Å²) in [5.41, 5.74) is 1.85. The molecule has 0 aliphatic heterocycles. The lowest BCUT2D eigenvalue weighted by atomic mass is 10.4. The topological polar surface area (TPSA) is 12.0 Å². The van der Waals surface area contributed by atoms with E-state index in [4.69, 9.17) is 0 Å².